The van der Waals surface area contributed by atoms with Crippen molar-refractivity contribution in [1.29, 1.82) is 0 Å². The lowest BCUT2D eigenvalue weighted by atomic mass is 10.0. The zero-order chi connectivity index (χ0) is 25.4. The third-order valence-electron chi connectivity index (χ3n) is 5.23. The first kappa shape index (κ1) is 26.0. The van der Waals surface area contributed by atoms with E-state index < -0.39 is 5.97 Å². The molecule has 2 amide bonds. The fourth-order valence-corrected chi connectivity index (χ4v) is 4.26. The number of methoxy groups -OCH3 is 1. The van der Waals surface area contributed by atoms with Gasteiger partial charge in [-0.05, 0) is 43.2 Å². The molecule has 3 rings (SSSR count). The maximum absolute atomic E-state index is 12.8. The predicted molar refractivity (Wildman–Crippen MR) is 134 cm³/mol. The summed E-state index contributed by atoms with van der Waals surface area (Å²) in [6, 6.07) is 15.2. The summed E-state index contributed by atoms with van der Waals surface area (Å²) in [5, 5.41) is 15.1. The highest BCUT2D eigenvalue weighted by atomic mass is 32.2. The van der Waals surface area contributed by atoms with Crippen LogP contribution >= 0.6 is 11.8 Å². The van der Waals surface area contributed by atoms with Gasteiger partial charge in [-0.15, -0.1) is 10.2 Å². The van der Waals surface area contributed by atoms with Gasteiger partial charge >= 0.3 is 5.97 Å². The molecule has 0 aliphatic carbocycles. The first-order valence-corrected chi connectivity index (χ1v) is 12.2. The van der Waals surface area contributed by atoms with E-state index in [0.29, 0.717) is 34.3 Å². The molecule has 9 nitrogen and oxygen atoms in total. The van der Waals surface area contributed by atoms with Crippen molar-refractivity contribution in [3.05, 3.63) is 71.5 Å². The van der Waals surface area contributed by atoms with Crippen LogP contribution in [0.25, 0.3) is 0 Å². The molecule has 0 aliphatic heterocycles. The van der Waals surface area contributed by atoms with Crippen LogP contribution in [0, 0.1) is 5.92 Å². The molecule has 1 aromatic heterocycles. The number of carbonyl (C=O) groups excluding carboxylic acids is 3. The van der Waals surface area contributed by atoms with Crippen LogP contribution in [0.4, 0.5) is 5.69 Å². The zero-order valence-electron chi connectivity index (χ0n) is 20.1. The van der Waals surface area contributed by atoms with Crippen LogP contribution in [0.2, 0.25) is 0 Å². The van der Waals surface area contributed by atoms with E-state index in [2.05, 4.69) is 20.8 Å². The molecule has 0 aliphatic rings. The molecule has 0 fully saturated rings. The van der Waals surface area contributed by atoms with Crippen molar-refractivity contribution in [2.45, 2.75) is 38.5 Å². The summed E-state index contributed by atoms with van der Waals surface area (Å²) < 4.78 is 6.62. The van der Waals surface area contributed by atoms with E-state index >= 15 is 0 Å². The SMILES string of the molecule is CCn1c(SCC(=O)Nc2cccc(C(=O)OC)c2)nnc1[C@H](NC(=O)c1ccccc1)C(C)C. The van der Waals surface area contributed by atoms with Gasteiger partial charge in [0.05, 0.1) is 24.5 Å². The maximum Gasteiger partial charge on any atom is 0.337 e. The van der Waals surface area contributed by atoms with E-state index in [1.54, 1.807) is 36.4 Å². The average molecular weight is 496 g/mol. The highest BCUT2D eigenvalue weighted by Gasteiger charge is 2.26. The Morgan fingerprint density at radius 3 is 2.40 bits per heavy atom. The number of anilines is 1. The zero-order valence-corrected chi connectivity index (χ0v) is 21.0. The molecule has 0 saturated heterocycles. The summed E-state index contributed by atoms with van der Waals surface area (Å²) in [5.41, 5.74) is 1.42. The monoisotopic (exact) mass is 495 g/mol. The molecular weight excluding hydrogens is 466 g/mol. The van der Waals surface area contributed by atoms with E-state index in [0.717, 1.165) is 0 Å². The third-order valence-corrected chi connectivity index (χ3v) is 6.20. The van der Waals surface area contributed by atoms with Crippen LogP contribution in [0.1, 0.15) is 53.4 Å². The number of hydrogen-bond acceptors (Lipinski definition) is 7. The fourth-order valence-electron chi connectivity index (χ4n) is 3.45. The minimum Gasteiger partial charge on any atom is -0.465 e. The van der Waals surface area contributed by atoms with E-state index in [9.17, 15) is 14.4 Å². The summed E-state index contributed by atoms with van der Waals surface area (Å²) in [6.45, 7) is 6.56. The van der Waals surface area contributed by atoms with Crippen molar-refractivity contribution in [3.8, 4) is 0 Å². The van der Waals surface area contributed by atoms with E-state index in [4.69, 9.17) is 4.74 Å². The normalized spacial score (nSPS) is 11.7. The summed E-state index contributed by atoms with van der Waals surface area (Å²) in [7, 11) is 1.30. The van der Waals surface area contributed by atoms with Gasteiger partial charge in [-0.1, -0.05) is 49.9 Å². The number of aromatic nitrogens is 3. The van der Waals surface area contributed by atoms with Crippen LogP contribution in [0.5, 0.6) is 0 Å². The third kappa shape index (κ3) is 6.69. The molecule has 0 bridgehead atoms. The lowest BCUT2D eigenvalue weighted by Gasteiger charge is -2.22. The quantitative estimate of drug-likeness (QED) is 0.323. The van der Waals surface area contributed by atoms with Crippen LogP contribution < -0.4 is 10.6 Å². The predicted octanol–water partition coefficient (Wildman–Crippen LogP) is 3.94. The van der Waals surface area contributed by atoms with E-state index in [1.165, 1.54) is 18.9 Å². The Morgan fingerprint density at radius 2 is 1.74 bits per heavy atom. The van der Waals surface area contributed by atoms with Crippen LogP contribution in [0.15, 0.2) is 59.8 Å². The molecule has 0 saturated carbocycles. The summed E-state index contributed by atoms with van der Waals surface area (Å²) >= 11 is 1.25. The average Bonchev–Trinajstić information content (AvgIpc) is 3.28. The summed E-state index contributed by atoms with van der Waals surface area (Å²) in [6.07, 6.45) is 0. The van der Waals surface area contributed by atoms with Crippen LogP contribution in [0.3, 0.4) is 0 Å². The Labute approximate surface area is 208 Å². The Kier molecular flexibility index (Phi) is 9.02. The number of nitrogens with zero attached hydrogens (tertiary/aromatic N) is 3. The number of hydrogen-bond donors (Lipinski definition) is 2. The summed E-state index contributed by atoms with van der Waals surface area (Å²) in [5.74, 6) is -0.0951. The van der Waals surface area contributed by atoms with Crippen molar-refractivity contribution in [3.63, 3.8) is 0 Å². The number of amides is 2. The standard InChI is InChI=1S/C25H29N5O4S/c1-5-30-22(21(16(2)3)27-23(32)17-10-7-6-8-11-17)28-29-25(30)35-15-20(31)26-19-13-9-12-18(14-19)24(33)34-4/h6-14,16,21H,5,15H2,1-4H3,(H,26,31)(H,27,32)/t21-/m1/s1. The number of benzene rings is 2. The van der Waals surface area contributed by atoms with Gasteiger partial charge in [-0.3, -0.25) is 9.59 Å². The van der Waals surface area contributed by atoms with Crippen molar-refractivity contribution >= 4 is 35.2 Å². The molecular formula is C25H29N5O4S. The molecule has 35 heavy (non-hydrogen) atoms. The molecule has 0 unspecified atom stereocenters. The molecule has 2 aromatic carbocycles. The second-order valence-electron chi connectivity index (χ2n) is 8.06. The molecule has 3 aromatic rings. The molecule has 184 valence electrons. The number of rotatable bonds is 10. The Morgan fingerprint density at radius 1 is 1.03 bits per heavy atom. The maximum atomic E-state index is 12.8. The largest absolute Gasteiger partial charge is 0.465 e. The fraction of sp³-hybridized carbons (Fsp3) is 0.320. The minimum atomic E-state index is -0.474. The van der Waals surface area contributed by atoms with Gasteiger partial charge in [-0.25, -0.2) is 4.79 Å². The van der Waals surface area contributed by atoms with E-state index in [1.807, 2.05) is 43.5 Å². The number of thioether (sulfide) groups is 1. The molecule has 1 heterocycles. The minimum absolute atomic E-state index is 0.0698. The number of carbonyl (C=O) groups is 3. The first-order chi connectivity index (χ1) is 16.8. The molecule has 0 spiro atoms. The van der Waals surface area contributed by atoms with Crippen LogP contribution in [-0.2, 0) is 16.1 Å². The van der Waals surface area contributed by atoms with Crippen molar-refractivity contribution < 1.29 is 19.1 Å². The van der Waals surface area contributed by atoms with Gasteiger partial charge in [0.25, 0.3) is 5.91 Å². The van der Waals surface area contributed by atoms with Crippen molar-refractivity contribution in [2.75, 3.05) is 18.2 Å². The van der Waals surface area contributed by atoms with Crippen molar-refractivity contribution in [1.82, 2.24) is 20.1 Å². The number of nitrogens with one attached hydrogen (secondary N) is 2. The van der Waals surface area contributed by atoms with Crippen LogP contribution in [-0.4, -0.2) is 45.4 Å². The second-order valence-corrected chi connectivity index (χ2v) is 9.00. The van der Waals surface area contributed by atoms with Gasteiger partial charge in [0.2, 0.25) is 5.91 Å². The van der Waals surface area contributed by atoms with Gasteiger partial charge in [0.1, 0.15) is 0 Å². The lowest BCUT2D eigenvalue weighted by molar-refractivity contribution is -0.113. The highest BCUT2D eigenvalue weighted by Crippen LogP contribution is 2.26. The van der Waals surface area contributed by atoms with Gasteiger partial charge in [-0.2, -0.15) is 0 Å². The Hall–Kier alpha value is -3.66. The number of esters is 1. The molecule has 1 atom stereocenters. The van der Waals surface area contributed by atoms with Crippen molar-refractivity contribution in [2.24, 2.45) is 5.92 Å². The van der Waals surface area contributed by atoms with Gasteiger partial charge in [0, 0.05) is 17.8 Å². The second kappa shape index (κ2) is 12.2. The molecule has 2 N–H and O–H groups in total. The Balaban J connectivity index is 1.69. The van der Waals surface area contributed by atoms with Gasteiger partial charge in [0.15, 0.2) is 11.0 Å². The highest BCUT2D eigenvalue weighted by molar-refractivity contribution is 7.99. The molecule has 10 heteroatoms. The number of ether oxygens (including phenoxy) is 1. The van der Waals surface area contributed by atoms with E-state index in [-0.39, 0.29) is 29.5 Å². The first-order valence-electron chi connectivity index (χ1n) is 11.2. The van der Waals surface area contributed by atoms with Gasteiger partial charge < -0.3 is 19.9 Å². The Bertz CT molecular complexity index is 1180. The lowest BCUT2D eigenvalue weighted by Crippen LogP contribution is -2.33. The summed E-state index contributed by atoms with van der Waals surface area (Å²) in [4.78, 5) is 37.0. The topological polar surface area (TPSA) is 115 Å². The smallest absolute Gasteiger partial charge is 0.337 e. The molecule has 0 radical (unpaired) electrons.